The van der Waals surface area contributed by atoms with E-state index in [0.717, 1.165) is 25.3 Å². The lowest BCUT2D eigenvalue weighted by atomic mass is 9.84. The number of halogens is 6. The van der Waals surface area contributed by atoms with E-state index in [9.17, 15) is 56.4 Å². The molecular weight excluding hydrogens is 919 g/mol. The van der Waals surface area contributed by atoms with Gasteiger partial charge in [0.25, 0.3) is 0 Å². The quantitative estimate of drug-likeness (QED) is 0.0709. The molecule has 0 saturated carbocycles. The average Bonchev–Trinajstić information content (AvgIpc) is 3.73. The number of ether oxygens (including phenoxy) is 4. The Morgan fingerprint density at radius 3 is 1.17 bits per heavy atom. The van der Waals surface area contributed by atoms with E-state index in [1.165, 1.54) is 38.5 Å². The summed E-state index contributed by atoms with van der Waals surface area (Å²) in [4.78, 5) is 25.6. The normalized spacial score (nSPS) is 18.5. The van der Waals surface area contributed by atoms with Crippen LogP contribution in [0, 0.1) is 0 Å². The van der Waals surface area contributed by atoms with Gasteiger partial charge in [0.1, 0.15) is 23.0 Å². The van der Waals surface area contributed by atoms with Crippen molar-refractivity contribution in [2.75, 3.05) is 39.1 Å². The number of anilines is 2. The fourth-order valence-corrected chi connectivity index (χ4v) is 7.96. The Kier molecular flexibility index (Phi) is 17.2. The number of nitrogens with one attached hydrogen (secondary N) is 4. The molecule has 0 unspecified atom stereocenters. The Hall–Kier alpha value is -5.96. The fraction of sp³-hybridized carbons (Fsp3) is 0.469. The predicted octanol–water partition coefficient (Wildman–Crippen LogP) is 9.39. The van der Waals surface area contributed by atoms with Gasteiger partial charge in [-0.1, -0.05) is 61.1 Å². The first-order valence-electron chi connectivity index (χ1n) is 21.3. The highest BCUT2D eigenvalue weighted by molar-refractivity contribution is 5.93. The van der Waals surface area contributed by atoms with Crippen molar-refractivity contribution in [2.24, 2.45) is 0 Å². The van der Waals surface area contributed by atoms with Crippen LogP contribution in [0.25, 0.3) is 0 Å². The van der Waals surface area contributed by atoms with E-state index in [1.54, 1.807) is 77.9 Å². The Bertz CT molecular complexity index is 2300. The molecule has 0 radical (unpaired) electrons. The Balaban J connectivity index is 0.000000296. The Morgan fingerprint density at radius 2 is 0.899 bits per heavy atom. The molecule has 8 N–H and O–H groups in total. The monoisotopic (exact) mass is 980 g/mol. The van der Waals surface area contributed by atoms with Gasteiger partial charge in [0.05, 0.1) is 64.1 Å². The van der Waals surface area contributed by atoms with Crippen LogP contribution in [0.5, 0.6) is 23.0 Å². The van der Waals surface area contributed by atoms with E-state index >= 15 is 0 Å². The molecule has 69 heavy (non-hydrogen) atoms. The van der Waals surface area contributed by atoms with E-state index < -0.39 is 82.9 Å². The molecule has 4 aromatic rings. The largest absolute Gasteiger partial charge is 0.497 e. The van der Waals surface area contributed by atoms with Crippen LogP contribution in [-0.4, -0.2) is 85.4 Å². The number of methoxy groups -OCH3 is 4. The number of benzene rings is 4. The lowest BCUT2D eigenvalue weighted by molar-refractivity contribution is -0.207. The number of fused-ring (bicyclic) bond motifs is 2. The Labute approximate surface area is 397 Å². The van der Waals surface area contributed by atoms with Gasteiger partial charge in [0.2, 0.25) is 0 Å². The number of hydrogen-bond donors (Lipinski definition) is 8. The molecule has 4 aromatic carbocycles. The van der Waals surface area contributed by atoms with E-state index in [2.05, 4.69) is 21.3 Å². The van der Waals surface area contributed by atoms with Gasteiger partial charge in [-0.15, -0.1) is 0 Å². The molecule has 2 aliphatic carbocycles. The van der Waals surface area contributed by atoms with E-state index in [0.29, 0.717) is 46.6 Å². The molecule has 0 bridgehead atoms. The number of carbonyl (C=O) groups excluding carboxylic acids is 2. The second-order valence-electron chi connectivity index (χ2n) is 18.5. The van der Waals surface area contributed by atoms with Crippen molar-refractivity contribution in [3.8, 4) is 23.0 Å². The van der Waals surface area contributed by atoms with Crippen LogP contribution < -0.4 is 40.2 Å². The minimum absolute atomic E-state index is 0. The van der Waals surface area contributed by atoms with Crippen molar-refractivity contribution in [3.05, 3.63) is 105 Å². The zero-order valence-electron chi connectivity index (χ0n) is 39.2. The third kappa shape index (κ3) is 12.8. The van der Waals surface area contributed by atoms with Gasteiger partial charge < -0.3 is 60.6 Å². The van der Waals surface area contributed by atoms with Gasteiger partial charge in [-0.25, -0.2) is 9.59 Å². The number of aliphatic hydroxyl groups excluding tert-OH is 4. The molecule has 6 atom stereocenters. The van der Waals surface area contributed by atoms with Gasteiger partial charge in [-0.05, 0) is 106 Å². The third-order valence-corrected chi connectivity index (χ3v) is 11.7. The van der Waals surface area contributed by atoms with Crippen LogP contribution in [0.15, 0.2) is 60.7 Å². The summed E-state index contributed by atoms with van der Waals surface area (Å²) in [5.41, 5.74) is 1.65. The second kappa shape index (κ2) is 21.4. The van der Waals surface area contributed by atoms with E-state index in [4.69, 9.17) is 18.9 Å². The SMILES string of the molecule is C.COc1ccc2c(c1)C[C@@H](NC(=O)Nc1cc(C(C)(C)C)cc([C@@H](O)C(F)(F)F)c1OC)[C@H]2O.COc1ccc2c(c1)C[C@H](NC(=O)Nc1cc(C(C)(C)C)cc([C@@H](O)C(F)(F)F)c1OC)[C@@H]2O. The molecule has 0 fully saturated rings. The fourth-order valence-electron chi connectivity index (χ4n) is 7.96. The summed E-state index contributed by atoms with van der Waals surface area (Å²) in [6.45, 7) is 10.8. The molecule has 0 spiro atoms. The summed E-state index contributed by atoms with van der Waals surface area (Å²) in [6.07, 6.45) is -16.7. The number of hydrogen-bond acceptors (Lipinski definition) is 10. The van der Waals surface area contributed by atoms with Crippen LogP contribution in [0.3, 0.4) is 0 Å². The number of aliphatic hydroxyl groups is 4. The molecule has 0 aliphatic heterocycles. The van der Waals surface area contributed by atoms with Crippen molar-refractivity contribution < 1.29 is 75.3 Å². The highest BCUT2D eigenvalue weighted by Gasteiger charge is 2.44. The molecule has 380 valence electrons. The van der Waals surface area contributed by atoms with Crippen molar-refractivity contribution in [1.29, 1.82) is 0 Å². The lowest BCUT2D eigenvalue weighted by Crippen LogP contribution is -2.40. The van der Waals surface area contributed by atoms with Crippen molar-refractivity contribution in [2.45, 2.75) is 121 Å². The van der Waals surface area contributed by atoms with Gasteiger partial charge in [0, 0.05) is 11.1 Å². The smallest absolute Gasteiger partial charge is 0.418 e. The maximum Gasteiger partial charge on any atom is 0.418 e. The predicted molar refractivity (Wildman–Crippen MR) is 247 cm³/mol. The zero-order chi connectivity index (χ0) is 50.8. The maximum atomic E-state index is 13.3. The maximum absolute atomic E-state index is 13.3. The molecule has 6 rings (SSSR count). The highest BCUT2D eigenvalue weighted by Crippen LogP contribution is 2.45. The molecule has 0 aromatic heterocycles. The summed E-state index contributed by atoms with van der Waals surface area (Å²) in [5, 5.41) is 51.5. The number of rotatable bonds is 10. The number of alkyl halides is 6. The van der Waals surface area contributed by atoms with Crippen LogP contribution in [0.2, 0.25) is 0 Å². The third-order valence-electron chi connectivity index (χ3n) is 11.7. The zero-order valence-corrected chi connectivity index (χ0v) is 39.2. The summed E-state index contributed by atoms with van der Waals surface area (Å²) in [6, 6.07) is 13.1. The van der Waals surface area contributed by atoms with Gasteiger partial charge in [-0.2, -0.15) is 26.3 Å². The van der Waals surface area contributed by atoms with Gasteiger partial charge >= 0.3 is 24.4 Å². The van der Waals surface area contributed by atoms with Crippen LogP contribution in [0.4, 0.5) is 47.3 Å². The number of carbonyl (C=O) groups is 2. The number of amides is 4. The molecule has 0 saturated heterocycles. The lowest BCUT2D eigenvalue weighted by Gasteiger charge is -2.26. The minimum atomic E-state index is -4.93. The molecule has 4 amide bonds. The summed E-state index contributed by atoms with van der Waals surface area (Å²) >= 11 is 0. The molecule has 0 heterocycles. The molecule has 14 nitrogen and oxygen atoms in total. The minimum Gasteiger partial charge on any atom is -0.497 e. The molecular formula is C49H62F6N4O10. The van der Waals surface area contributed by atoms with Crippen molar-refractivity contribution in [3.63, 3.8) is 0 Å². The van der Waals surface area contributed by atoms with E-state index in [-0.39, 0.29) is 30.3 Å². The van der Waals surface area contributed by atoms with Crippen LogP contribution in [0.1, 0.15) is 118 Å². The average molecular weight is 981 g/mol. The topological polar surface area (TPSA) is 200 Å². The van der Waals surface area contributed by atoms with Crippen LogP contribution in [-0.2, 0) is 23.7 Å². The number of urea groups is 2. The van der Waals surface area contributed by atoms with Crippen molar-refractivity contribution in [1.82, 2.24) is 10.6 Å². The van der Waals surface area contributed by atoms with Crippen LogP contribution >= 0.6 is 0 Å². The first-order valence-corrected chi connectivity index (χ1v) is 21.3. The van der Waals surface area contributed by atoms with Crippen molar-refractivity contribution >= 4 is 23.4 Å². The summed E-state index contributed by atoms with van der Waals surface area (Å²) < 4.78 is 101. The first kappa shape index (κ1) is 55.6. The first-order chi connectivity index (χ1) is 31.5. The summed E-state index contributed by atoms with van der Waals surface area (Å²) in [5.74, 6) is 0.645. The van der Waals surface area contributed by atoms with E-state index in [1.807, 2.05) is 0 Å². The summed E-state index contributed by atoms with van der Waals surface area (Å²) in [7, 11) is 5.37. The van der Waals surface area contributed by atoms with Gasteiger partial charge in [-0.3, -0.25) is 0 Å². The highest BCUT2D eigenvalue weighted by atomic mass is 19.4. The molecule has 20 heteroatoms. The molecule has 2 aliphatic rings. The second-order valence-corrected chi connectivity index (χ2v) is 18.5. The van der Waals surface area contributed by atoms with Gasteiger partial charge in [0.15, 0.2) is 12.2 Å². The Morgan fingerprint density at radius 1 is 0.565 bits per heavy atom. The standard InChI is InChI=1S/2C24H29F3N2O5.CH4/c2*1-23(2,3)13-10-16(21(31)24(25,26)27)20(34-5)18(11-13)29-22(32)28-17-9-12-8-14(33-4)6-7-15(12)19(17)30;/h2*6-8,10-11,17,19,21,30-31H,9H2,1-5H3,(H2,28,29,32);1H4/t17-,19+,21+;17-,19+,21-;/m01./s1.